The molecule has 0 unspecified atom stereocenters. The zero-order valence-corrected chi connectivity index (χ0v) is 18.1. The standard InChI is InChI=1S/C19H21N3O2S.C2HF3O2/c1-14-2-3-15(12-20-14)17(23)21-8-5-19(6-9-21)7-10-22(18(19)24)16-4-11-25-13-16;3-2(4,5)1(6)7/h2-4,11-13H,5-10H2,1H3;(H,6,7). The number of piperidine rings is 1. The average Bonchev–Trinajstić information content (AvgIpc) is 3.38. The third-order valence-electron chi connectivity index (χ3n) is 5.74. The van der Waals surface area contributed by atoms with Gasteiger partial charge in [-0.25, -0.2) is 4.79 Å². The van der Waals surface area contributed by atoms with Gasteiger partial charge in [-0.2, -0.15) is 24.5 Å². The van der Waals surface area contributed by atoms with E-state index in [2.05, 4.69) is 4.98 Å². The number of rotatable bonds is 2. The maximum Gasteiger partial charge on any atom is 0.490 e. The minimum atomic E-state index is -5.08. The molecule has 2 amide bonds. The van der Waals surface area contributed by atoms with Crippen LogP contribution in [-0.2, 0) is 9.59 Å². The number of anilines is 1. The van der Waals surface area contributed by atoms with Crippen LogP contribution in [0.25, 0.3) is 0 Å². The molecular weight excluding hydrogens is 447 g/mol. The maximum absolute atomic E-state index is 13.0. The minimum Gasteiger partial charge on any atom is -0.475 e. The summed E-state index contributed by atoms with van der Waals surface area (Å²) in [6.07, 6.45) is -1.06. The fraction of sp³-hybridized carbons (Fsp3) is 0.429. The van der Waals surface area contributed by atoms with E-state index in [0.717, 1.165) is 37.2 Å². The van der Waals surface area contributed by atoms with Crippen LogP contribution in [0.2, 0.25) is 0 Å². The average molecular weight is 469 g/mol. The Morgan fingerprint density at radius 3 is 2.25 bits per heavy atom. The highest BCUT2D eigenvalue weighted by Crippen LogP contribution is 2.43. The lowest BCUT2D eigenvalue weighted by Gasteiger charge is -2.37. The number of amides is 2. The molecule has 2 fully saturated rings. The zero-order valence-electron chi connectivity index (χ0n) is 17.3. The number of nitrogens with zero attached hydrogens (tertiary/aromatic N) is 3. The first-order chi connectivity index (χ1) is 15.0. The molecule has 0 aromatic carbocycles. The summed E-state index contributed by atoms with van der Waals surface area (Å²) in [5, 5.41) is 11.2. The van der Waals surface area contributed by atoms with Crippen LogP contribution >= 0.6 is 11.3 Å². The fourth-order valence-electron chi connectivity index (χ4n) is 3.86. The number of carboxylic acids is 1. The summed E-state index contributed by atoms with van der Waals surface area (Å²) in [6.45, 7) is 3.96. The van der Waals surface area contributed by atoms with Gasteiger partial charge in [0.25, 0.3) is 5.91 Å². The number of aryl methyl sites for hydroxylation is 1. The van der Waals surface area contributed by atoms with E-state index in [0.29, 0.717) is 18.7 Å². The molecule has 32 heavy (non-hydrogen) atoms. The first kappa shape index (κ1) is 23.7. The highest BCUT2D eigenvalue weighted by molar-refractivity contribution is 7.08. The van der Waals surface area contributed by atoms with Crippen LogP contribution in [0.4, 0.5) is 18.9 Å². The zero-order chi connectivity index (χ0) is 23.5. The van der Waals surface area contributed by atoms with Gasteiger partial charge in [0, 0.05) is 36.9 Å². The second-order valence-corrected chi connectivity index (χ2v) is 8.53. The highest BCUT2D eigenvalue weighted by atomic mass is 32.1. The Balaban J connectivity index is 0.000000360. The third-order valence-corrected chi connectivity index (χ3v) is 6.41. The number of pyridine rings is 1. The van der Waals surface area contributed by atoms with Gasteiger partial charge in [0.2, 0.25) is 5.91 Å². The lowest BCUT2D eigenvalue weighted by molar-refractivity contribution is -0.192. The van der Waals surface area contributed by atoms with Crippen LogP contribution in [0.5, 0.6) is 0 Å². The molecule has 2 saturated heterocycles. The number of alkyl halides is 3. The van der Waals surface area contributed by atoms with E-state index in [1.165, 1.54) is 0 Å². The molecule has 0 aliphatic carbocycles. The van der Waals surface area contributed by atoms with Gasteiger partial charge in [-0.05, 0) is 49.8 Å². The third kappa shape index (κ3) is 5.09. The van der Waals surface area contributed by atoms with Crippen LogP contribution in [0.15, 0.2) is 35.2 Å². The molecule has 0 radical (unpaired) electrons. The normalized spacial score (nSPS) is 17.8. The predicted molar refractivity (Wildman–Crippen MR) is 112 cm³/mol. The Morgan fingerprint density at radius 1 is 1.12 bits per heavy atom. The van der Waals surface area contributed by atoms with Crippen molar-refractivity contribution in [2.45, 2.75) is 32.4 Å². The Labute approximate surface area is 186 Å². The number of carbonyl (C=O) groups is 3. The van der Waals surface area contributed by atoms with Crippen LogP contribution in [0.3, 0.4) is 0 Å². The Hall–Kier alpha value is -2.95. The monoisotopic (exact) mass is 469 g/mol. The largest absolute Gasteiger partial charge is 0.490 e. The van der Waals surface area contributed by atoms with Crippen molar-refractivity contribution < 1.29 is 32.7 Å². The first-order valence-electron chi connectivity index (χ1n) is 9.90. The molecule has 1 spiro atoms. The van der Waals surface area contributed by atoms with E-state index in [1.807, 2.05) is 45.7 Å². The van der Waals surface area contributed by atoms with Gasteiger partial charge in [-0.1, -0.05) is 0 Å². The van der Waals surface area contributed by atoms with Crippen LogP contribution in [0, 0.1) is 12.3 Å². The molecule has 2 aromatic heterocycles. The minimum absolute atomic E-state index is 0.0162. The van der Waals surface area contributed by atoms with Gasteiger partial charge in [0.1, 0.15) is 0 Å². The van der Waals surface area contributed by atoms with Crippen LogP contribution in [0.1, 0.15) is 35.3 Å². The van der Waals surface area contributed by atoms with Gasteiger partial charge in [0.15, 0.2) is 0 Å². The van der Waals surface area contributed by atoms with Crippen molar-refractivity contribution in [3.05, 3.63) is 46.4 Å². The van der Waals surface area contributed by atoms with Gasteiger partial charge < -0.3 is 14.9 Å². The topological polar surface area (TPSA) is 90.8 Å². The van der Waals surface area contributed by atoms with Crippen molar-refractivity contribution >= 4 is 34.8 Å². The molecule has 0 bridgehead atoms. The number of carbonyl (C=O) groups excluding carboxylic acids is 2. The molecule has 1 N–H and O–H groups in total. The molecular formula is C21H22F3N3O4S. The number of hydrogen-bond donors (Lipinski definition) is 1. The smallest absolute Gasteiger partial charge is 0.475 e. The van der Waals surface area contributed by atoms with Gasteiger partial charge in [0.05, 0.1) is 16.7 Å². The Morgan fingerprint density at radius 2 is 1.75 bits per heavy atom. The molecule has 2 aromatic rings. The Bertz CT molecular complexity index is 969. The van der Waals surface area contributed by atoms with E-state index in [9.17, 15) is 22.8 Å². The van der Waals surface area contributed by atoms with Gasteiger partial charge in [-0.15, -0.1) is 0 Å². The molecule has 11 heteroatoms. The fourth-order valence-corrected chi connectivity index (χ4v) is 4.50. The van der Waals surface area contributed by atoms with Crippen molar-refractivity contribution in [2.24, 2.45) is 5.41 Å². The number of carboxylic acid groups (broad SMARTS) is 1. The van der Waals surface area contributed by atoms with E-state index >= 15 is 0 Å². The lowest BCUT2D eigenvalue weighted by atomic mass is 9.77. The molecule has 172 valence electrons. The second-order valence-electron chi connectivity index (χ2n) is 7.75. The van der Waals surface area contributed by atoms with Gasteiger partial charge >= 0.3 is 12.1 Å². The molecule has 2 aliphatic heterocycles. The Kier molecular flexibility index (Phi) is 6.87. The summed E-state index contributed by atoms with van der Waals surface area (Å²) >= 11 is 1.61. The maximum atomic E-state index is 13.0. The molecule has 0 saturated carbocycles. The van der Waals surface area contributed by atoms with Crippen molar-refractivity contribution in [3.8, 4) is 0 Å². The van der Waals surface area contributed by atoms with Crippen molar-refractivity contribution in [3.63, 3.8) is 0 Å². The molecule has 4 heterocycles. The summed E-state index contributed by atoms with van der Waals surface area (Å²) in [6, 6.07) is 5.69. The quantitative estimate of drug-likeness (QED) is 0.724. The number of aromatic nitrogens is 1. The van der Waals surface area contributed by atoms with E-state index < -0.39 is 12.1 Å². The van der Waals surface area contributed by atoms with Crippen LogP contribution < -0.4 is 4.90 Å². The van der Waals surface area contributed by atoms with E-state index in [1.54, 1.807) is 17.5 Å². The summed E-state index contributed by atoms with van der Waals surface area (Å²) in [7, 11) is 0. The molecule has 4 rings (SSSR count). The van der Waals surface area contributed by atoms with Crippen LogP contribution in [-0.4, -0.2) is 58.6 Å². The number of likely N-dealkylation sites (tertiary alicyclic amines) is 1. The highest BCUT2D eigenvalue weighted by Gasteiger charge is 2.49. The van der Waals surface area contributed by atoms with Crippen molar-refractivity contribution in [1.29, 1.82) is 0 Å². The number of thiophene rings is 1. The van der Waals surface area contributed by atoms with Gasteiger partial charge in [-0.3, -0.25) is 14.6 Å². The summed E-state index contributed by atoms with van der Waals surface area (Å²) in [4.78, 5) is 42.5. The number of aliphatic carboxylic acids is 1. The number of halogens is 3. The summed E-state index contributed by atoms with van der Waals surface area (Å²) in [5.41, 5.74) is 2.25. The second kappa shape index (κ2) is 9.27. The van der Waals surface area contributed by atoms with Crippen molar-refractivity contribution in [2.75, 3.05) is 24.5 Å². The summed E-state index contributed by atoms with van der Waals surface area (Å²) < 4.78 is 31.7. The lowest BCUT2D eigenvalue weighted by Crippen LogP contribution is -2.46. The number of hydrogen-bond acceptors (Lipinski definition) is 5. The molecule has 0 atom stereocenters. The predicted octanol–water partition coefficient (Wildman–Crippen LogP) is 3.74. The van der Waals surface area contributed by atoms with E-state index in [-0.39, 0.29) is 17.2 Å². The SMILES string of the molecule is Cc1ccc(C(=O)N2CCC3(CC2)CCN(c2ccsc2)C3=O)cn1.O=C(O)C(F)(F)F. The molecule has 2 aliphatic rings. The first-order valence-corrected chi connectivity index (χ1v) is 10.8. The van der Waals surface area contributed by atoms with Crippen molar-refractivity contribution in [1.82, 2.24) is 9.88 Å². The molecule has 7 nitrogen and oxygen atoms in total. The van der Waals surface area contributed by atoms with E-state index in [4.69, 9.17) is 9.90 Å². The summed E-state index contributed by atoms with van der Waals surface area (Å²) in [5.74, 6) is -2.51.